The van der Waals surface area contributed by atoms with Gasteiger partial charge < -0.3 is 10.1 Å². The number of rotatable bonds is 4. The average molecular weight is 304 g/mol. The number of hydrogen-bond acceptors (Lipinski definition) is 4. The Morgan fingerprint density at radius 2 is 2.41 bits per heavy atom. The van der Waals surface area contributed by atoms with E-state index in [1.807, 2.05) is 13.8 Å². The molecule has 2 N–H and O–H groups in total. The van der Waals surface area contributed by atoms with Crippen molar-refractivity contribution in [3.05, 3.63) is 33.9 Å². The second-order valence-electron chi connectivity index (χ2n) is 5.78. The van der Waals surface area contributed by atoms with Gasteiger partial charge in [-0.25, -0.2) is 9.50 Å². The van der Waals surface area contributed by atoms with Crippen LogP contribution in [0.5, 0.6) is 0 Å². The summed E-state index contributed by atoms with van der Waals surface area (Å²) in [5.74, 6) is -0.0772. The molecule has 0 radical (unpaired) electrons. The zero-order valence-electron chi connectivity index (χ0n) is 12.8. The summed E-state index contributed by atoms with van der Waals surface area (Å²) in [5, 5.41) is 5.80. The van der Waals surface area contributed by atoms with Crippen LogP contribution >= 0.6 is 0 Å². The molecule has 118 valence electrons. The Labute approximate surface area is 127 Å². The number of aryl methyl sites for hydroxylation is 1. The molecule has 1 saturated heterocycles. The lowest BCUT2D eigenvalue weighted by atomic mass is 10.1. The lowest BCUT2D eigenvalue weighted by Gasteiger charge is -2.15. The van der Waals surface area contributed by atoms with Gasteiger partial charge in [-0.2, -0.15) is 0 Å². The van der Waals surface area contributed by atoms with Crippen LogP contribution in [-0.4, -0.2) is 33.2 Å². The van der Waals surface area contributed by atoms with E-state index in [0.29, 0.717) is 17.8 Å². The molecular formula is C15H20N4O3. The van der Waals surface area contributed by atoms with Crippen molar-refractivity contribution in [3.8, 4) is 0 Å². The summed E-state index contributed by atoms with van der Waals surface area (Å²) in [6.45, 7) is 4.42. The van der Waals surface area contributed by atoms with Crippen molar-refractivity contribution in [1.82, 2.24) is 19.9 Å². The number of amides is 1. The highest BCUT2D eigenvalue weighted by atomic mass is 16.5. The molecule has 0 spiro atoms. The molecule has 22 heavy (non-hydrogen) atoms. The van der Waals surface area contributed by atoms with Crippen molar-refractivity contribution in [1.29, 1.82) is 0 Å². The molecule has 2 atom stereocenters. The summed E-state index contributed by atoms with van der Waals surface area (Å²) in [7, 11) is 0. The number of aromatic amines is 1. The lowest BCUT2D eigenvalue weighted by Crippen LogP contribution is -2.31. The SMILES string of the molecule is Cc1cc2nc([C@@H](C)NC(=O)C[C@H]3CCCO3)cc(=O)n2[nH]1. The Kier molecular flexibility index (Phi) is 3.98. The van der Waals surface area contributed by atoms with Crippen LogP contribution < -0.4 is 10.9 Å². The Balaban J connectivity index is 1.72. The van der Waals surface area contributed by atoms with Crippen LogP contribution in [0.2, 0.25) is 0 Å². The smallest absolute Gasteiger partial charge is 0.272 e. The number of H-pyrrole nitrogens is 1. The predicted octanol–water partition coefficient (Wildman–Crippen LogP) is 1.08. The first kappa shape index (κ1) is 14.8. The standard InChI is InChI=1S/C15H20N4O3/c1-9-6-13-17-12(8-15(21)19(13)18-9)10(2)16-14(20)7-11-4-3-5-22-11/h6,8,10-11,18H,3-5,7H2,1-2H3,(H,16,20)/t10-,11-/m1/s1. The topological polar surface area (TPSA) is 88.5 Å². The fraction of sp³-hybridized carbons (Fsp3) is 0.533. The summed E-state index contributed by atoms with van der Waals surface area (Å²) in [6, 6.07) is 2.92. The first-order valence-electron chi connectivity index (χ1n) is 7.53. The molecule has 0 unspecified atom stereocenters. The minimum absolute atomic E-state index is 0.0144. The maximum absolute atomic E-state index is 12.0. The van der Waals surface area contributed by atoms with E-state index in [1.54, 1.807) is 6.07 Å². The van der Waals surface area contributed by atoms with Gasteiger partial charge in [-0.05, 0) is 26.7 Å². The molecule has 2 aromatic heterocycles. The number of hydrogen-bond donors (Lipinski definition) is 2. The first-order chi connectivity index (χ1) is 10.5. The monoisotopic (exact) mass is 304 g/mol. The van der Waals surface area contributed by atoms with Crippen molar-refractivity contribution in [3.63, 3.8) is 0 Å². The van der Waals surface area contributed by atoms with Crippen LogP contribution in [-0.2, 0) is 9.53 Å². The molecule has 2 aromatic rings. The number of fused-ring (bicyclic) bond motifs is 1. The van der Waals surface area contributed by atoms with Crippen LogP contribution in [0.3, 0.4) is 0 Å². The number of aromatic nitrogens is 3. The van der Waals surface area contributed by atoms with Crippen molar-refractivity contribution in [2.75, 3.05) is 6.61 Å². The van der Waals surface area contributed by atoms with Gasteiger partial charge in [0.1, 0.15) is 0 Å². The van der Waals surface area contributed by atoms with Crippen LogP contribution in [0.25, 0.3) is 5.65 Å². The molecule has 0 saturated carbocycles. The minimum atomic E-state index is -0.318. The lowest BCUT2D eigenvalue weighted by molar-refractivity contribution is -0.123. The molecule has 3 rings (SSSR count). The van der Waals surface area contributed by atoms with Gasteiger partial charge >= 0.3 is 0 Å². The Hall–Kier alpha value is -2.15. The van der Waals surface area contributed by atoms with Gasteiger partial charge in [0.25, 0.3) is 5.56 Å². The third kappa shape index (κ3) is 3.04. The Morgan fingerprint density at radius 3 is 3.14 bits per heavy atom. The second-order valence-corrected chi connectivity index (χ2v) is 5.78. The van der Waals surface area contributed by atoms with Gasteiger partial charge in [0.15, 0.2) is 5.65 Å². The first-order valence-corrected chi connectivity index (χ1v) is 7.53. The van der Waals surface area contributed by atoms with Gasteiger partial charge in [-0.15, -0.1) is 0 Å². The van der Waals surface area contributed by atoms with Gasteiger partial charge in [0.2, 0.25) is 5.91 Å². The van der Waals surface area contributed by atoms with Crippen LogP contribution in [0.1, 0.15) is 43.6 Å². The van der Waals surface area contributed by atoms with E-state index in [2.05, 4.69) is 15.4 Å². The second kappa shape index (κ2) is 5.92. The number of nitrogens with zero attached hydrogens (tertiary/aromatic N) is 2. The molecule has 0 bridgehead atoms. The maximum atomic E-state index is 12.0. The highest BCUT2D eigenvalue weighted by molar-refractivity contribution is 5.76. The van der Waals surface area contributed by atoms with Crippen molar-refractivity contribution in [2.45, 2.75) is 45.3 Å². The van der Waals surface area contributed by atoms with Gasteiger partial charge in [0, 0.05) is 24.4 Å². The zero-order chi connectivity index (χ0) is 15.7. The van der Waals surface area contributed by atoms with E-state index in [-0.39, 0.29) is 23.6 Å². The Bertz CT molecular complexity index is 743. The van der Waals surface area contributed by atoms with Crippen molar-refractivity contribution >= 4 is 11.6 Å². The molecule has 0 aliphatic carbocycles. The minimum Gasteiger partial charge on any atom is -0.378 e. The summed E-state index contributed by atoms with van der Waals surface area (Å²) in [5.41, 5.74) is 1.79. The van der Waals surface area contributed by atoms with E-state index in [1.165, 1.54) is 10.6 Å². The molecule has 1 aliphatic heterocycles. The third-order valence-corrected chi connectivity index (χ3v) is 3.86. The quantitative estimate of drug-likeness (QED) is 0.884. The van der Waals surface area contributed by atoms with Crippen LogP contribution in [0, 0.1) is 6.92 Å². The summed E-state index contributed by atoms with van der Waals surface area (Å²) < 4.78 is 6.85. The number of carbonyl (C=O) groups excluding carboxylic acids is 1. The molecular weight excluding hydrogens is 284 g/mol. The van der Waals surface area contributed by atoms with Crippen LogP contribution in [0.4, 0.5) is 0 Å². The van der Waals surface area contributed by atoms with Gasteiger partial charge in [-0.3, -0.25) is 14.7 Å². The highest BCUT2D eigenvalue weighted by Crippen LogP contribution is 2.16. The van der Waals surface area contributed by atoms with E-state index >= 15 is 0 Å². The molecule has 1 fully saturated rings. The fourth-order valence-electron chi connectivity index (χ4n) is 2.74. The van der Waals surface area contributed by atoms with E-state index in [0.717, 1.165) is 25.1 Å². The normalized spacial score (nSPS) is 19.5. The van der Waals surface area contributed by atoms with Gasteiger partial charge in [0.05, 0.1) is 24.3 Å². The maximum Gasteiger partial charge on any atom is 0.272 e. The Morgan fingerprint density at radius 1 is 1.59 bits per heavy atom. The highest BCUT2D eigenvalue weighted by Gasteiger charge is 2.21. The molecule has 1 amide bonds. The largest absolute Gasteiger partial charge is 0.378 e. The molecule has 1 aliphatic rings. The average Bonchev–Trinajstić information content (AvgIpc) is 3.07. The third-order valence-electron chi connectivity index (χ3n) is 3.86. The number of ether oxygens (including phenoxy) is 1. The zero-order valence-corrected chi connectivity index (χ0v) is 12.8. The molecule has 0 aromatic carbocycles. The molecule has 7 heteroatoms. The van der Waals surface area contributed by atoms with E-state index in [9.17, 15) is 9.59 Å². The molecule has 3 heterocycles. The van der Waals surface area contributed by atoms with E-state index in [4.69, 9.17) is 4.74 Å². The van der Waals surface area contributed by atoms with Gasteiger partial charge in [-0.1, -0.05) is 0 Å². The number of nitrogens with one attached hydrogen (secondary N) is 2. The predicted molar refractivity (Wildman–Crippen MR) is 80.7 cm³/mol. The summed E-state index contributed by atoms with van der Waals surface area (Å²) in [4.78, 5) is 28.5. The molecule has 7 nitrogen and oxygen atoms in total. The van der Waals surface area contributed by atoms with E-state index < -0.39 is 0 Å². The number of carbonyl (C=O) groups is 1. The van der Waals surface area contributed by atoms with Crippen molar-refractivity contribution in [2.24, 2.45) is 0 Å². The summed E-state index contributed by atoms with van der Waals surface area (Å²) in [6.07, 6.45) is 2.31. The fourth-order valence-corrected chi connectivity index (χ4v) is 2.74. The summed E-state index contributed by atoms with van der Waals surface area (Å²) >= 11 is 0. The van der Waals surface area contributed by atoms with Crippen molar-refractivity contribution < 1.29 is 9.53 Å². The van der Waals surface area contributed by atoms with Crippen LogP contribution in [0.15, 0.2) is 16.9 Å².